The number of aromatic nitrogens is 3. The van der Waals surface area contributed by atoms with Crippen LogP contribution in [-0.4, -0.2) is 34.7 Å². The molecule has 170 valence electrons. The van der Waals surface area contributed by atoms with Gasteiger partial charge in [0.1, 0.15) is 17.5 Å². The fourth-order valence-corrected chi connectivity index (χ4v) is 4.68. The molecule has 4 aromatic rings. The zero-order valence-electron chi connectivity index (χ0n) is 18.8. The van der Waals surface area contributed by atoms with Crippen LogP contribution in [0.4, 0.5) is 5.69 Å². The molecule has 1 atom stereocenters. The molecule has 0 aliphatic carbocycles. The summed E-state index contributed by atoms with van der Waals surface area (Å²) in [4.78, 5) is 22.5. The van der Waals surface area contributed by atoms with E-state index in [2.05, 4.69) is 16.4 Å². The quantitative estimate of drug-likeness (QED) is 0.339. The van der Waals surface area contributed by atoms with E-state index in [4.69, 9.17) is 14.5 Å². The van der Waals surface area contributed by atoms with Gasteiger partial charge in [-0.2, -0.15) is 0 Å². The lowest BCUT2D eigenvalue weighted by atomic mass is 10.2. The number of imidazole rings is 1. The molecule has 8 heteroatoms. The molecule has 4 rings (SSSR count). The van der Waals surface area contributed by atoms with Crippen molar-refractivity contribution >= 4 is 34.4 Å². The first-order valence-corrected chi connectivity index (χ1v) is 11.6. The van der Waals surface area contributed by atoms with Gasteiger partial charge in [0.15, 0.2) is 5.16 Å². The molecule has 2 aromatic carbocycles. The topological polar surface area (TPSA) is 78.3 Å². The molecule has 0 saturated carbocycles. The summed E-state index contributed by atoms with van der Waals surface area (Å²) in [6.45, 7) is 1.99. The largest absolute Gasteiger partial charge is 0.497 e. The van der Waals surface area contributed by atoms with Crippen LogP contribution in [0.25, 0.3) is 11.0 Å². The third kappa shape index (κ3) is 4.96. The lowest BCUT2D eigenvalue weighted by molar-refractivity contribution is -0.119. The van der Waals surface area contributed by atoms with Crippen molar-refractivity contribution in [1.29, 1.82) is 0 Å². The predicted octanol–water partition coefficient (Wildman–Crippen LogP) is 5.33. The third-order valence-corrected chi connectivity index (χ3v) is 6.35. The van der Waals surface area contributed by atoms with E-state index >= 15 is 0 Å². The van der Waals surface area contributed by atoms with E-state index in [1.54, 1.807) is 38.4 Å². The van der Waals surface area contributed by atoms with Gasteiger partial charge in [0.25, 0.3) is 0 Å². The van der Waals surface area contributed by atoms with E-state index in [0.29, 0.717) is 23.6 Å². The van der Waals surface area contributed by atoms with Gasteiger partial charge in [0.2, 0.25) is 5.91 Å². The molecule has 0 saturated heterocycles. The molecule has 0 aliphatic rings. The highest BCUT2D eigenvalue weighted by molar-refractivity contribution is 7.98. The Morgan fingerprint density at radius 1 is 1.12 bits per heavy atom. The molecule has 0 bridgehead atoms. The number of hydrogen-bond donors (Lipinski definition) is 1. The predicted molar refractivity (Wildman–Crippen MR) is 131 cm³/mol. The van der Waals surface area contributed by atoms with Gasteiger partial charge >= 0.3 is 0 Å². The zero-order valence-corrected chi connectivity index (χ0v) is 19.6. The van der Waals surface area contributed by atoms with Gasteiger partial charge in [-0.05, 0) is 42.3 Å². The van der Waals surface area contributed by atoms with Crippen molar-refractivity contribution in [2.24, 2.45) is 0 Å². The minimum Gasteiger partial charge on any atom is -0.497 e. The van der Waals surface area contributed by atoms with E-state index in [-0.39, 0.29) is 5.91 Å². The van der Waals surface area contributed by atoms with E-state index < -0.39 is 6.04 Å². The second-order valence-electron chi connectivity index (χ2n) is 7.38. The minimum atomic E-state index is -0.461. The number of carbonyl (C=O) groups is 1. The number of fused-ring (bicyclic) bond motifs is 1. The standard InChI is InChI=1S/C25H26N4O3S/c1-4-21(24(30)27-20-10-5-6-11-23(20)32-3)29-22-15-26-13-12-19(22)28-25(29)33-16-17-8-7-9-18(14-17)31-2/h5-15,21H,4,16H2,1-3H3,(H,27,30)/t21-/m1/s1. The second kappa shape index (κ2) is 10.4. The van der Waals surface area contributed by atoms with E-state index in [0.717, 1.165) is 27.5 Å². The van der Waals surface area contributed by atoms with Crippen LogP contribution in [0.5, 0.6) is 11.5 Å². The SMILES string of the molecule is CC[C@H](C(=O)Nc1ccccc1OC)n1c(SCc2cccc(OC)c2)nc2ccncc21. The monoisotopic (exact) mass is 462 g/mol. The van der Waals surface area contributed by atoms with Crippen molar-refractivity contribution in [3.05, 3.63) is 72.6 Å². The number of thioether (sulfide) groups is 1. The number of anilines is 1. The third-order valence-electron chi connectivity index (χ3n) is 5.33. The highest BCUT2D eigenvalue weighted by Crippen LogP contribution is 2.33. The van der Waals surface area contributed by atoms with Crippen molar-refractivity contribution in [3.63, 3.8) is 0 Å². The minimum absolute atomic E-state index is 0.131. The Bertz CT molecular complexity index is 1260. The van der Waals surface area contributed by atoms with E-state index in [1.807, 2.05) is 60.0 Å². The number of methoxy groups -OCH3 is 2. The molecule has 1 N–H and O–H groups in total. The van der Waals surface area contributed by atoms with Gasteiger partial charge in [-0.1, -0.05) is 43.0 Å². The number of carbonyl (C=O) groups excluding carboxylic acids is 1. The average Bonchev–Trinajstić information content (AvgIpc) is 3.22. The van der Waals surface area contributed by atoms with Crippen LogP contribution in [0.2, 0.25) is 0 Å². The average molecular weight is 463 g/mol. The second-order valence-corrected chi connectivity index (χ2v) is 8.33. The van der Waals surface area contributed by atoms with Crippen LogP contribution >= 0.6 is 11.8 Å². The first-order chi connectivity index (χ1) is 16.1. The molecule has 1 amide bonds. The van der Waals surface area contributed by atoms with Crippen LogP contribution in [0.15, 0.2) is 72.1 Å². The number of hydrogen-bond acceptors (Lipinski definition) is 6. The van der Waals surface area contributed by atoms with Crippen molar-refractivity contribution < 1.29 is 14.3 Å². The van der Waals surface area contributed by atoms with Gasteiger partial charge in [0.05, 0.1) is 37.1 Å². The first-order valence-electron chi connectivity index (χ1n) is 10.7. The normalized spacial score (nSPS) is 11.8. The van der Waals surface area contributed by atoms with Crippen molar-refractivity contribution in [2.45, 2.75) is 30.3 Å². The van der Waals surface area contributed by atoms with Gasteiger partial charge in [-0.25, -0.2) is 4.98 Å². The Balaban J connectivity index is 1.66. The van der Waals surface area contributed by atoms with Crippen LogP contribution < -0.4 is 14.8 Å². The molecular formula is C25H26N4O3S. The summed E-state index contributed by atoms with van der Waals surface area (Å²) in [7, 11) is 3.25. The van der Waals surface area contributed by atoms with Gasteiger partial charge in [0, 0.05) is 11.9 Å². The summed E-state index contributed by atoms with van der Waals surface area (Å²) in [6, 6.07) is 16.7. The Hall–Kier alpha value is -3.52. The Labute approximate surface area is 197 Å². The van der Waals surface area contributed by atoms with Crippen LogP contribution in [0.3, 0.4) is 0 Å². The molecule has 33 heavy (non-hydrogen) atoms. The number of rotatable bonds is 9. The lowest BCUT2D eigenvalue weighted by Gasteiger charge is -2.20. The summed E-state index contributed by atoms with van der Waals surface area (Å²) in [5, 5.41) is 3.79. The molecule has 0 aliphatic heterocycles. The lowest BCUT2D eigenvalue weighted by Crippen LogP contribution is -2.26. The van der Waals surface area contributed by atoms with E-state index in [1.165, 1.54) is 0 Å². The summed E-state index contributed by atoms with van der Waals surface area (Å²) in [5.74, 6) is 1.99. The highest BCUT2D eigenvalue weighted by Gasteiger charge is 2.25. The van der Waals surface area contributed by atoms with Crippen LogP contribution in [-0.2, 0) is 10.5 Å². The summed E-state index contributed by atoms with van der Waals surface area (Å²) < 4.78 is 12.7. The number of ether oxygens (including phenoxy) is 2. The summed E-state index contributed by atoms with van der Waals surface area (Å²) >= 11 is 1.58. The smallest absolute Gasteiger partial charge is 0.247 e. The van der Waals surface area contributed by atoms with Crippen molar-refractivity contribution in [1.82, 2.24) is 14.5 Å². The molecule has 2 heterocycles. The van der Waals surface area contributed by atoms with Crippen molar-refractivity contribution in [3.8, 4) is 11.5 Å². The number of benzene rings is 2. The Kier molecular flexibility index (Phi) is 7.14. The number of nitrogens with zero attached hydrogens (tertiary/aromatic N) is 3. The Morgan fingerprint density at radius 2 is 1.97 bits per heavy atom. The van der Waals surface area contributed by atoms with Crippen molar-refractivity contribution in [2.75, 3.05) is 19.5 Å². The molecule has 0 unspecified atom stereocenters. The maximum Gasteiger partial charge on any atom is 0.247 e. The van der Waals surface area contributed by atoms with E-state index in [9.17, 15) is 4.79 Å². The highest BCUT2D eigenvalue weighted by atomic mass is 32.2. The van der Waals surface area contributed by atoms with Crippen LogP contribution in [0, 0.1) is 0 Å². The maximum absolute atomic E-state index is 13.4. The molecule has 2 aromatic heterocycles. The van der Waals surface area contributed by atoms with Gasteiger partial charge in [-0.15, -0.1) is 0 Å². The number of amides is 1. The fourth-order valence-electron chi connectivity index (χ4n) is 3.68. The molecular weight excluding hydrogens is 436 g/mol. The zero-order chi connectivity index (χ0) is 23.2. The molecule has 0 spiro atoms. The number of para-hydroxylation sites is 2. The number of nitrogens with one attached hydrogen (secondary N) is 1. The number of pyridine rings is 1. The Morgan fingerprint density at radius 3 is 2.76 bits per heavy atom. The fraction of sp³-hybridized carbons (Fsp3) is 0.240. The summed E-state index contributed by atoms with van der Waals surface area (Å²) in [6.07, 6.45) is 4.07. The molecule has 0 fully saturated rings. The van der Waals surface area contributed by atoms with Crippen LogP contribution in [0.1, 0.15) is 24.9 Å². The molecule has 7 nitrogen and oxygen atoms in total. The maximum atomic E-state index is 13.4. The summed E-state index contributed by atoms with van der Waals surface area (Å²) in [5.41, 5.74) is 3.38. The first kappa shape index (κ1) is 22.7. The van der Waals surface area contributed by atoms with Gasteiger partial charge < -0.3 is 19.4 Å². The molecule has 0 radical (unpaired) electrons. The van der Waals surface area contributed by atoms with Gasteiger partial charge in [-0.3, -0.25) is 9.78 Å².